The number of nitrogens with one attached hydrogen (secondary N) is 2. The molecule has 0 saturated heterocycles. The van der Waals surface area contributed by atoms with Crippen molar-refractivity contribution in [3.05, 3.63) is 34.1 Å². The van der Waals surface area contributed by atoms with Crippen LogP contribution in [0.1, 0.15) is 39.3 Å². The molecule has 0 spiro atoms. The van der Waals surface area contributed by atoms with E-state index in [1.54, 1.807) is 12.3 Å². The maximum Gasteiger partial charge on any atom is 0.229 e. The Bertz CT molecular complexity index is 801. The number of rotatable bonds is 6. The number of nitriles is 1. The van der Waals surface area contributed by atoms with Crippen molar-refractivity contribution in [2.24, 2.45) is 5.41 Å². The molecule has 2 N–H and O–H groups in total. The predicted molar refractivity (Wildman–Crippen MR) is 109 cm³/mol. The van der Waals surface area contributed by atoms with Gasteiger partial charge in [0.25, 0.3) is 0 Å². The van der Waals surface area contributed by atoms with Crippen LogP contribution in [0, 0.1) is 16.7 Å². The average Bonchev–Trinajstić information content (AvgIpc) is 3.05. The molecule has 27 heavy (non-hydrogen) atoms. The number of allylic oxidation sites excluding steroid dienone is 2. The zero-order valence-electron chi connectivity index (χ0n) is 16.5. The smallest absolute Gasteiger partial charge is 0.229 e. The maximum absolute atomic E-state index is 12.0. The highest BCUT2D eigenvalue weighted by atomic mass is 32.2. The van der Waals surface area contributed by atoms with Crippen LogP contribution in [0.4, 0.5) is 5.95 Å². The summed E-state index contributed by atoms with van der Waals surface area (Å²) < 4.78 is 0. The zero-order valence-corrected chi connectivity index (χ0v) is 17.3. The van der Waals surface area contributed by atoms with Gasteiger partial charge in [-0.25, -0.2) is 9.97 Å². The van der Waals surface area contributed by atoms with E-state index in [1.807, 2.05) is 24.4 Å². The summed E-state index contributed by atoms with van der Waals surface area (Å²) in [6.45, 7) is 7.16. The Morgan fingerprint density at radius 3 is 2.74 bits per heavy atom. The molecule has 144 valence electrons. The quantitative estimate of drug-likeness (QED) is 0.725. The van der Waals surface area contributed by atoms with E-state index in [-0.39, 0.29) is 17.3 Å². The number of carbonyl (C=O) groups excluding carboxylic acids is 1. The lowest BCUT2D eigenvalue weighted by Crippen LogP contribution is -2.20. The van der Waals surface area contributed by atoms with E-state index in [0.29, 0.717) is 17.7 Å². The first-order valence-electron chi connectivity index (χ1n) is 8.77. The number of hydrogen-bond acceptors (Lipinski definition) is 7. The van der Waals surface area contributed by atoms with Crippen molar-refractivity contribution in [2.75, 3.05) is 26.0 Å². The van der Waals surface area contributed by atoms with Gasteiger partial charge >= 0.3 is 0 Å². The summed E-state index contributed by atoms with van der Waals surface area (Å²) in [7, 11) is 3.94. The lowest BCUT2D eigenvalue weighted by atomic mass is 9.93. The molecule has 1 aliphatic rings. The van der Waals surface area contributed by atoms with Gasteiger partial charge in [-0.05, 0) is 38.5 Å². The Morgan fingerprint density at radius 2 is 2.15 bits per heavy atom. The summed E-state index contributed by atoms with van der Waals surface area (Å²) in [5, 5.41) is 18.4. The Labute approximate surface area is 164 Å². The van der Waals surface area contributed by atoms with E-state index in [0.717, 1.165) is 23.7 Å². The summed E-state index contributed by atoms with van der Waals surface area (Å²) in [5.74, 6) is 0.0768. The summed E-state index contributed by atoms with van der Waals surface area (Å²) >= 11 is 1.47. The van der Waals surface area contributed by atoms with Crippen molar-refractivity contribution in [3.8, 4) is 6.07 Å². The van der Waals surface area contributed by atoms with Gasteiger partial charge in [0, 0.05) is 23.7 Å². The molecule has 8 heteroatoms. The first-order chi connectivity index (χ1) is 12.7. The van der Waals surface area contributed by atoms with Gasteiger partial charge in [0.1, 0.15) is 11.6 Å². The fourth-order valence-electron chi connectivity index (χ4n) is 2.31. The highest BCUT2D eigenvalue weighted by molar-refractivity contribution is 8.06. The second kappa shape index (κ2) is 9.02. The largest absolute Gasteiger partial charge is 0.351 e. The Balaban J connectivity index is 2.11. The fraction of sp³-hybridized carbons (Fsp3) is 0.474. The molecule has 0 saturated carbocycles. The lowest BCUT2D eigenvalue weighted by Gasteiger charge is -2.20. The molecule has 1 amide bonds. The second-order valence-corrected chi connectivity index (χ2v) is 8.44. The summed E-state index contributed by atoms with van der Waals surface area (Å²) in [6.07, 6.45) is 2.70. The molecule has 2 rings (SSSR count). The minimum absolute atomic E-state index is 0.0350. The number of carbonyl (C=O) groups is 1. The number of nitrogens with zero attached hydrogens (tertiary/aromatic N) is 4. The summed E-state index contributed by atoms with van der Waals surface area (Å²) in [5.41, 5.74) is 1.93. The normalized spacial score (nSPS) is 15.8. The number of hydrogen-bond donors (Lipinski definition) is 2. The van der Waals surface area contributed by atoms with E-state index in [1.165, 1.54) is 11.8 Å². The molecule has 1 aromatic rings. The summed E-state index contributed by atoms with van der Waals surface area (Å²) in [4.78, 5) is 22.5. The molecule has 0 unspecified atom stereocenters. The third-order valence-electron chi connectivity index (χ3n) is 3.86. The molecule has 1 aliphatic heterocycles. The van der Waals surface area contributed by atoms with Gasteiger partial charge in [-0.15, -0.1) is 0 Å². The van der Waals surface area contributed by atoms with Crippen LogP contribution >= 0.6 is 11.8 Å². The van der Waals surface area contributed by atoms with Crippen LogP contribution in [0.3, 0.4) is 0 Å². The third-order valence-corrected chi connectivity index (χ3v) is 4.76. The van der Waals surface area contributed by atoms with Crippen molar-refractivity contribution < 1.29 is 4.79 Å². The first-order valence-corrected chi connectivity index (χ1v) is 9.65. The molecular weight excluding hydrogens is 360 g/mol. The van der Waals surface area contributed by atoms with Crippen molar-refractivity contribution in [1.82, 2.24) is 20.2 Å². The van der Waals surface area contributed by atoms with Gasteiger partial charge in [-0.3, -0.25) is 10.1 Å². The number of anilines is 1. The Morgan fingerprint density at radius 1 is 1.41 bits per heavy atom. The molecule has 2 heterocycles. The van der Waals surface area contributed by atoms with E-state index in [9.17, 15) is 10.1 Å². The molecular formula is C19H26N6OS. The Kier molecular flexibility index (Phi) is 6.99. The van der Waals surface area contributed by atoms with Crippen LogP contribution < -0.4 is 10.6 Å². The van der Waals surface area contributed by atoms with Crippen molar-refractivity contribution in [2.45, 2.75) is 33.6 Å². The first kappa shape index (κ1) is 20.9. The molecule has 0 atom stereocenters. The van der Waals surface area contributed by atoms with Gasteiger partial charge < -0.3 is 10.2 Å². The lowest BCUT2D eigenvalue weighted by molar-refractivity contribution is -0.116. The van der Waals surface area contributed by atoms with E-state index in [4.69, 9.17) is 0 Å². The van der Waals surface area contributed by atoms with Gasteiger partial charge in [0.15, 0.2) is 0 Å². The standard InChI is InChI=1S/C19H26N6OS/c1-19(2,3)15-12-27-17(23-15)13(11-20)14-8-9-21-18(22-14)24-16(26)7-6-10-25(4)5/h8-9,12,23H,6-7,10H2,1-5H3,(H,21,22,24,26)/b17-13+. The zero-order chi connectivity index (χ0) is 20.0. The van der Waals surface area contributed by atoms with Crippen molar-refractivity contribution in [3.63, 3.8) is 0 Å². The van der Waals surface area contributed by atoms with Crippen LogP contribution in [-0.2, 0) is 4.79 Å². The van der Waals surface area contributed by atoms with Gasteiger partial charge in [0.05, 0.1) is 10.7 Å². The molecule has 1 aromatic heterocycles. The molecule has 0 aromatic carbocycles. The number of aromatic nitrogens is 2. The fourth-order valence-corrected chi connectivity index (χ4v) is 3.40. The predicted octanol–water partition coefficient (Wildman–Crippen LogP) is 3.17. The van der Waals surface area contributed by atoms with Crippen LogP contribution in [-0.4, -0.2) is 41.4 Å². The van der Waals surface area contributed by atoms with Crippen LogP contribution in [0.2, 0.25) is 0 Å². The third kappa shape index (κ3) is 6.08. The molecule has 0 fully saturated rings. The van der Waals surface area contributed by atoms with Gasteiger partial charge in [-0.1, -0.05) is 32.5 Å². The van der Waals surface area contributed by atoms with Gasteiger partial charge in [0.2, 0.25) is 11.9 Å². The molecule has 0 bridgehead atoms. The maximum atomic E-state index is 12.0. The minimum atomic E-state index is -0.134. The van der Waals surface area contributed by atoms with Crippen LogP contribution in [0.5, 0.6) is 0 Å². The molecule has 0 radical (unpaired) electrons. The van der Waals surface area contributed by atoms with Gasteiger partial charge in [-0.2, -0.15) is 5.26 Å². The minimum Gasteiger partial charge on any atom is -0.351 e. The van der Waals surface area contributed by atoms with Crippen LogP contribution in [0.15, 0.2) is 28.4 Å². The summed E-state index contributed by atoms with van der Waals surface area (Å²) in [6, 6.07) is 3.89. The second-order valence-electron chi connectivity index (χ2n) is 7.56. The van der Waals surface area contributed by atoms with E-state index < -0.39 is 0 Å². The number of amides is 1. The number of thioether (sulfide) groups is 1. The van der Waals surface area contributed by atoms with Crippen molar-refractivity contribution >= 4 is 29.2 Å². The van der Waals surface area contributed by atoms with Crippen molar-refractivity contribution in [1.29, 1.82) is 5.26 Å². The van der Waals surface area contributed by atoms with Crippen LogP contribution in [0.25, 0.3) is 5.57 Å². The van der Waals surface area contributed by atoms with E-state index in [2.05, 4.69) is 47.4 Å². The van der Waals surface area contributed by atoms with E-state index >= 15 is 0 Å². The Hall–Kier alpha value is -2.37. The molecule has 0 aliphatic carbocycles. The monoisotopic (exact) mass is 386 g/mol. The average molecular weight is 387 g/mol. The topological polar surface area (TPSA) is 93.9 Å². The molecule has 7 nitrogen and oxygen atoms in total. The highest BCUT2D eigenvalue weighted by Crippen LogP contribution is 2.37. The SMILES string of the molecule is CN(C)CCCC(=O)Nc1nccc(/C(C#N)=C2\NC(C(C)(C)C)=CS2)n1. The highest BCUT2D eigenvalue weighted by Gasteiger charge is 2.25.